The highest BCUT2D eigenvalue weighted by atomic mass is 28.4. The molecule has 0 aliphatic heterocycles. The highest BCUT2D eigenvalue weighted by molar-refractivity contribution is 6.74. The second kappa shape index (κ2) is 10.5. The van der Waals surface area contributed by atoms with Crippen molar-refractivity contribution in [1.82, 2.24) is 0 Å². The minimum Gasteiger partial charge on any atom is -0.412 e. The van der Waals surface area contributed by atoms with E-state index in [4.69, 9.17) is 13.3 Å². The third kappa shape index (κ3) is 7.96. The predicted molar refractivity (Wildman–Crippen MR) is 110 cm³/mol. The van der Waals surface area contributed by atoms with Gasteiger partial charge in [0.1, 0.15) is 0 Å². The zero-order chi connectivity index (χ0) is 18.1. The van der Waals surface area contributed by atoms with Gasteiger partial charge in [0.15, 0.2) is 31.2 Å². The molecule has 0 fully saturated rings. The zero-order valence-electron chi connectivity index (χ0n) is 17.3. The van der Waals surface area contributed by atoms with E-state index < -0.39 is 25.0 Å². The molecule has 6 heteroatoms. The summed E-state index contributed by atoms with van der Waals surface area (Å²) >= 11 is 0. The fourth-order valence-corrected chi connectivity index (χ4v) is 9.34. The summed E-state index contributed by atoms with van der Waals surface area (Å²) in [6.07, 6.45) is -0.162. The topological polar surface area (TPSA) is 27.7 Å². The molecule has 0 aromatic rings. The summed E-state index contributed by atoms with van der Waals surface area (Å²) in [5, 5.41) is 0. The van der Waals surface area contributed by atoms with Gasteiger partial charge in [-0.2, -0.15) is 0 Å². The molecule has 0 aliphatic carbocycles. The third-order valence-electron chi connectivity index (χ3n) is 5.26. The lowest BCUT2D eigenvalue weighted by Gasteiger charge is -2.38. The highest BCUT2D eigenvalue weighted by Gasteiger charge is 2.36. The summed E-state index contributed by atoms with van der Waals surface area (Å²) < 4.78 is 19.5. The molecule has 0 saturated carbocycles. The lowest BCUT2D eigenvalue weighted by Crippen LogP contribution is -2.48. The smallest absolute Gasteiger partial charge is 0.195 e. The predicted octanol–water partition coefficient (Wildman–Crippen LogP) is 6.21. The Labute approximate surface area is 148 Å². The Morgan fingerprint density at radius 3 is 1.30 bits per heavy atom. The minimum atomic E-state index is -1.67. The molecule has 0 aliphatic rings. The van der Waals surface area contributed by atoms with Gasteiger partial charge >= 0.3 is 0 Å². The van der Waals surface area contributed by atoms with Gasteiger partial charge in [-0.05, 0) is 55.9 Å². The van der Waals surface area contributed by atoms with Crippen molar-refractivity contribution < 1.29 is 13.3 Å². The van der Waals surface area contributed by atoms with E-state index in [9.17, 15) is 0 Å². The first-order valence-electron chi connectivity index (χ1n) is 9.64. The van der Waals surface area contributed by atoms with Gasteiger partial charge in [0.05, 0.1) is 6.61 Å². The second-order valence-corrected chi connectivity index (χ2v) is 21.5. The Morgan fingerprint density at radius 1 is 0.609 bits per heavy atom. The van der Waals surface area contributed by atoms with Crippen LogP contribution >= 0.6 is 0 Å². The lowest BCUT2D eigenvalue weighted by molar-refractivity contribution is -0.0447. The van der Waals surface area contributed by atoms with Crippen molar-refractivity contribution in [3.63, 3.8) is 0 Å². The van der Waals surface area contributed by atoms with Crippen molar-refractivity contribution in [2.45, 2.75) is 104 Å². The van der Waals surface area contributed by atoms with E-state index in [1.54, 1.807) is 0 Å². The molecule has 0 bridgehead atoms. The monoisotopic (exact) mass is 378 g/mol. The molecular weight excluding hydrogens is 336 g/mol. The van der Waals surface area contributed by atoms with Crippen LogP contribution in [0, 0.1) is 0 Å². The second-order valence-electron chi connectivity index (χ2n) is 7.58. The first-order valence-corrected chi connectivity index (χ1v) is 18.1. The SMILES string of the molecule is CC[Si](CC)(CC)OCC(O[Si](C)(C)C)O[Si](CC)(CC)CC. The Bertz CT molecular complexity index is 294. The lowest BCUT2D eigenvalue weighted by atomic mass is 10.7. The molecule has 0 aromatic carbocycles. The van der Waals surface area contributed by atoms with Crippen molar-refractivity contribution in [3.05, 3.63) is 0 Å². The highest BCUT2D eigenvalue weighted by Crippen LogP contribution is 2.27. The third-order valence-corrected chi connectivity index (χ3v) is 15.5. The van der Waals surface area contributed by atoms with Crippen molar-refractivity contribution in [1.29, 1.82) is 0 Å². The van der Waals surface area contributed by atoms with Crippen molar-refractivity contribution >= 4 is 25.0 Å². The summed E-state index contributed by atoms with van der Waals surface area (Å²) in [4.78, 5) is 0. The summed E-state index contributed by atoms with van der Waals surface area (Å²) in [7, 11) is -4.92. The minimum absolute atomic E-state index is 0.162. The molecule has 0 amide bonds. The molecule has 0 rings (SSSR count). The average Bonchev–Trinajstić information content (AvgIpc) is 2.53. The molecule has 0 spiro atoms. The first-order chi connectivity index (χ1) is 10.6. The summed E-state index contributed by atoms with van der Waals surface area (Å²) in [5.41, 5.74) is 0. The molecule has 0 radical (unpaired) electrons. The van der Waals surface area contributed by atoms with Gasteiger partial charge in [-0.15, -0.1) is 0 Å². The zero-order valence-corrected chi connectivity index (χ0v) is 20.3. The Hall–Kier alpha value is 0.531. The van der Waals surface area contributed by atoms with Crippen LogP contribution in [-0.4, -0.2) is 37.8 Å². The van der Waals surface area contributed by atoms with E-state index in [2.05, 4.69) is 61.2 Å². The van der Waals surface area contributed by atoms with E-state index in [0.29, 0.717) is 6.61 Å². The largest absolute Gasteiger partial charge is 0.412 e. The van der Waals surface area contributed by atoms with Crippen LogP contribution in [0.2, 0.25) is 55.9 Å². The molecule has 23 heavy (non-hydrogen) atoms. The van der Waals surface area contributed by atoms with Crippen LogP contribution in [0.5, 0.6) is 0 Å². The van der Waals surface area contributed by atoms with E-state index in [1.807, 2.05) is 0 Å². The van der Waals surface area contributed by atoms with Gasteiger partial charge in [-0.3, -0.25) is 0 Å². The molecule has 0 heterocycles. The summed E-state index contributed by atoms with van der Waals surface area (Å²) in [5.74, 6) is 0. The molecule has 140 valence electrons. The number of hydrogen-bond acceptors (Lipinski definition) is 3. The molecule has 0 N–H and O–H groups in total. The summed E-state index contributed by atoms with van der Waals surface area (Å²) in [6, 6.07) is 7.00. The molecule has 3 nitrogen and oxygen atoms in total. The fourth-order valence-electron chi connectivity index (χ4n) is 3.07. The maximum absolute atomic E-state index is 6.64. The Morgan fingerprint density at radius 2 is 1.00 bits per heavy atom. The fraction of sp³-hybridized carbons (Fsp3) is 1.00. The number of rotatable bonds is 13. The van der Waals surface area contributed by atoms with Gasteiger partial charge in [0.2, 0.25) is 0 Å². The van der Waals surface area contributed by atoms with E-state index >= 15 is 0 Å². The van der Waals surface area contributed by atoms with E-state index in [-0.39, 0.29) is 6.29 Å². The van der Waals surface area contributed by atoms with Crippen LogP contribution in [0.25, 0.3) is 0 Å². The molecular formula is C17H42O3Si3. The standard InChI is InChI=1S/C17H42O3Si3/c1-10-22(11-2,12-3)18-16-17(19-21(7,8)9)20-23(13-4,14-5)15-6/h17H,10-16H2,1-9H3. The Kier molecular flexibility index (Phi) is 10.7. The van der Waals surface area contributed by atoms with E-state index in [0.717, 1.165) is 18.1 Å². The average molecular weight is 379 g/mol. The van der Waals surface area contributed by atoms with Gasteiger partial charge in [-0.25, -0.2) is 0 Å². The molecule has 0 saturated heterocycles. The normalized spacial score (nSPS) is 15.0. The van der Waals surface area contributed by atoms with Crippen LogP contribution in [0.15, 0.2) is 0 Å². The Balaban J connectivity index is 5.08. The molecule has 0 aromatic heterocycles. The van der Waals surface area contributed by atoms with Crippen molar-refractivity contribution in [2.24, 2.45) is 0 Å². The van der Waals surface area contributed by atoms with Crippen LogP contribution in [-0.2, 0) is 13.3 Å². The van der Waals surface area contributed by atoms with Crippen LogP contribution in [0.3, 0.4) is 0 Å². The van der Waals surface area contributed by atoms with Crippen LogP contribution in [0.1, 0.15) is 41.5 Å². The van der Waals surface area contributed by atoms with Gasteiger partial charge in [0, 0.05) is 0 Å². The quantitative estimate of drug-likeness (QED) is 0.282. The molecule has 1 atom stereocenters. The maximum Gasteiger partial charge on any atom is 0.195 e. The first kappa shape index (κ1) is 23.5. The van der Waals surface area contributed by atoms with Gasteiger partial charge in [-0.1, -0.05) is 41.5 Å². The van der Waals surface area contributed by atoms with E-state index in [1.165, 1.54) is 18.1 Å². The maximum atomic E-state index is 6.64. The van der Waals surface area contributed by atoms with Crippen molar-refractivity contribution in [3.8, 4) is 0 Å². The van der Waals surface area contributed by atoms with Gasteiger partial charge in [0.25, 0.3) is 0 Å². The van der Waals surface area contributed by atoms with Crippen molar-refractivity contribution in [2.75, 3.05) is 6.61 Å². The van der Waals surface area contributed by atoms with Crippen LogP contribution in [0.4, 0.5) is 0 Å². The van der Waals surface area contributed by atoms with Crippen LogP contribution < -0.4 is 0 Å². The summed E-state index contributed by atoms with van der Waals surface area (Å²) in [6.45, 7) is 21.0. The number of hydrogen-bond donors (Lipinski definition) is 0. The molecule has 1 unspecified atom stereocenters. The van der Waals surface area contributed by atoms with Gasteiger partial charge < -0.3 is 13.3 Å².